The van der Waals surface area contributed by atoms with Crippen LogP contribution in [0, 0.1) is 22.2 Å². The molecule has 4 atom stereocenters. The molecule has 1 aliphatic rings. The van der Waals surface area contributed by atoms with E-state index in [1.807, 2.05) is 20.8 Å². The van der Waals surface area contributed by atoms with Crippen LogP contribution in [0.5, 0.6) is 0 Å². The summed E-state index contributed by atoms with van der Waals surface area (Å²) in [5.74, 6) is -1.13. The van der Waals surface area contributed by atoms with E-state index in [4.69, 9.17) is 19.6 Å². The molecule has 1 saturated heterocycles. The third-order valence-electron chi connectivity index (χ3n) is 6.93. The van der Waals surface area contributed by atoms with E-state index in [1.54, 1.807) is 0 Å². The quantitative estimate of drug-likeness (QED) is 0.323. The van der Waals surface area contributed by atoms with Crippen LogP contribution in [0.2, 0.25) is 0 Å². The van der Waals surface area contributed by atoms with Gasteiger partial charge in [-0.3, -0.25) is 0 Å². The van der Waals surface area contributed by atoms with Gasteiger partial charge in [-0.05, 0) is 42.4 Å². The van der Waals surface area contributed by atoms with Gasteiger partial charge in [0.25, 0.3) is 0 Å². The minimum Gasteiger partial charge on any atom is -0.247 e. The Morgan fingerprint density at radius 2 is 1.57 bits per heavy atom. The van der Waals surface area contributed by atoms with Crippen LogP contribution in [-0.2, 0) is 29.1 Å². The fourth-order valence-corrected chi connectivity index (χ4v) is 5.19. The summed E-state index contributed by atoms with van der Waals surface area (Å²) in [6.07, 6.45) is 3.93. The Morgan fingerprint density at radius 1 is 0.967 bits per heavy atom. The number of rotatable bonds is 9. The average molecular weight is 429 g/mol. The molecule has 0 aromatic rings. The number of hydrogen-bond acceptors (Lipinski definition) is 6. The first-order valence-electron chi connectivity index (χ1n) is 11.6. The van der Waals surface area contributed by atoms with Crippen LogP contribution >= 0.6 is 0 Å². The predicted octanol–water partition coefficient (Wildman–Crippen LogP) is 6.17. The Morgan fingerprint density at radius 3 is 1.90 bits per heavy atom. The predicted molar refractivity (Wildman–Crippen MR) is 116 cm³/mol. The summed E-state index contributed by atoms with van der Waals surface area (Å²) >= 11 is 0. The van der Waals surface area contributed by atoms with Crippen molar-refractivity contribution in [1.29, 1.82) is 0 Å². The lowest BCUT2D eigenvalue weighted by Gasteiger charge is -2.51. The molecule has 1 rings (SSSR count). The largest absolute Gasteiger partial charge is 0.393 e. The van der Waals surface area contributed by atoms with Gasteiger partial charge in [-0.15, -0.1) is 0 Å². The number of carbonyl (C=O) groups is 2. The normalized spacial score (nSPS) is 25.1. The molecule has 6 nitrogen and oxygen atoms in total. The van der Waals surface area contributed by atoms with Crippen LogP contribution < -0.4 is 0 Å². The van der Waals surface area contributed by atoms with Crippen molar-refractivity contribution in [2.45, 2.75) is 119 Å². The molecule has 4 unspecified atom stereocenters. The molecule has 0 amide bonds. The summed E-state index contributed by atoms with van der Waals surface area (Å²) in [4.78, 5) is 47.1. The molecule has 1 fully saturated rings. The first-order valence-corrected chi connectivity index (χ1v) is 11.6. The highest BCUT2D eigenvalue weighted by atomic mass is 17.3. The lowest BCUT2D eigenvalue weighted by Crippen LogP contribution is -2.62. The zero-order chi connectivity index (χ0) is 23.4. The SMILES string of the molecule is CCCC1OOC1(CC)C(=O)OOC(=O)C(CC)(C(CCC)C(C)(C)C)C(C)(C)C. The van der Waals surface area contributed by atoms with Crippen molar-refractivity contribution in [3.05, 3.63) is 0 Å². The molecule has 176 valence electrons. The number of carbonyl (C=O) groups excluding carboxylic acids is 2. The second-order valence-corrected chi connectivity index (χ2v) is 10.7. The van der Waals surface area contributed by atoms with Gasteiger partial charge in [0.2, 0.25) is 5.60 Å². The van der Waals surface area contributed by atoms with Crippen LogP contribution in [-0.4, -0.2) is 23.6 Å². The third-order valence-corrected chi connectivity index (χ3v) is 6.93. The molecule has 0 aromatic carbocycles. The zero-order valence-corrected chi connectivity index (χ0v) is 20.8. The first-order chi connectivity index (χ1) is 13.8. The van der Waals surface area contributed by atoms with Crippen molar-refractivity contribution in [3.8, 4) is 0 Å². The zero-order valence-electron chi connectivity index (χ0n) is 20.8. The molecule has 0 spiro atoms. The van der Waals surface area contributed by atoms with Crippen LogP contribution in [0.15, 0.2) is 0 Å². The highest BCUT2D eigenvalue weighted by molar-refractivity contribution is 5.83. The maximum Gasteiger partial charge on any atom is 0.393 e. The summed E-state index contributed by atoms with van der Waals surface area (Å²) in [5.41, 5.74) is -2.52. The molecule has 0 bridgehead atoms. The van der Waals surface area contributed by atoms with Gasteiger partial charge in [-0.2, -0.15) is 0 Å². The fourth-order valence-electron chi connectivity index (χ4n) is 5.19. The minimum atomic E-state index is -1.21. The first kappa shape index (κ1) is 26.9. The van der Waals surface area contributed by atoms with Gasteiger partial charge in [-0.25, -0.2) is 29.1 Å². The Bertz CT molecular complexity index is 583. The van der Waals surface area contributed by atoms with Crippen molar-refractivity contribution >= 4 is 11.9 Å². The Balaban J connectivity index is 3.16. The molecule has 30 heavy (non-hydrogen) atoms. The van der Waals surface area contributed by atoms with E-state index >= 15 is 0 Å². The van der Waals surface area contributed by atoms with E-state index in [9.17, 15) is 9.59 Å². The van der Waals surface area contributed by atoms with Crippen molar-refractivity contribution in [1.82, 2.24) is 0 Å². The van der Waals surface area contributed by atoms with Gasteiger partial charge < -0.3 is 0 Å². The molecular weight excluding hydrogens is 384 g/mol. The third kappa shape index (κ3) is 4.85. The van der Waals surface area contributed by atoms with E-state index in [2.05, 4.69) is 48.5 Å². The molecule has 0 saturated carbocycles. The Labute approximate surface area is 183 Å². The van der Waals surface area contributed by atoms with Crippen molar-refractivity contribution in [2.75, 3.05) is 0 Å². The van der Waals surface area contributed by atoms with Gasteiger partial charge >= 0.3 is 11.9 Å². The molecule has 1 heterocycles. The summed E-state index contributed by atoms with van der Waals surface area (Å²) in [5, 5.41) is 0. The lowest BCUT2D eigenvalue weighted by molar-refractivity contribution is -0.502. The Kier molecular flexibility index (Phi) is 8.95. The van der Waals surface area contributed by atoms with Crippen LogP contribution in [0.1, 0.15) is 108 Å². The van der Waals surface area contributed by atoms with E-state index in [1.165, 1.54) is 0 Å². The van der Waals surface area contributed by atoms with Crippen LogP contribution in [0.25, 0.3) is 0 Å². The van der Waals surface area contributed by atoms with E-state index in [0.717, 1.165) is 19.3 Å². The average Bonchev–Trinajstić information content (AvgIpc) is 2.62. The summed E-state index contributed by atoms with van der Waals surface area (Å²) in [7, 11) is 0. The summed E-state index contributed by atoms with van der Waals surface area (Å²) < 4.78 is 0. The maximum atomic E-state index is 13.6. The fraction of sp³-hybridized carbons (Fsp3) is 0.917. The van der Waals surface area contributed by atoms with E-state index in [0.29, 0.717) is 19.3 Å². The minimum absolute atomic E-state index is 0.0578. The summed E-state index contributed by atoms with van der Waals surface area (Å²) in [6.45, 7) is 20.6. The van der Waals surface area contributed by atoms with E-state index < -0.39 is 23.0 Å². The second-order valence-electron chi connectivity index (χ2n) is 10.7. The molecule has 0 aliphatic carbocycles. The topological polar surface area (TPSA) is 71.1 Å². The van der Waals surface area contributed by atoms with Gasteiger partial charge in [0.05, 0.1) is 5.41 Å². The molecule has 0 aromatic heterocycles. The smallest absolute Gasteiger partial charge is 0.247 e. The van der Waals surface area contributed by atoms with Crippen molar-refractivity contribution in [3.63, 3.8) is 0 Å². The van der Waals surface area contributed by atoms with Crippen molar-refractivity contribution < 1.29 is 29.1 Å². The maximum absolute atomic E-state index is 13.6. The van der Waals surface area contributed by atoms with Crippen LogP contribution in [0.3, 0.4) is 0 Å². The van der Waals surface area contributed by atoms with Gasteiger partial charge in [0.15, 0.2) is 0 Å². The highest BCUT2D eigenvalue weighted by Crippen LogP contribution is 2.56. The molecule has 1 aliphatic heterocycles. The molecular formula is C24H44O6. The summed E-state index contributed by atoms with van der Waals surface area (Å²) in [6, 6.07) is 0. The van der Waals surface area contributed by atoms with Crippen LogP contribution in [0.4, 0.5) is 0 Å². The van der Waals surface area contributed by atoms with Gasteiger partial charge in [-0.1, -0.05) is 82.1 Å². The monoisotopic (exact) mass is 428 g/mol. The molecule has 6 heteroatoms. The van der Waals surface area contributed by atoms with Gasteiger partial charge in [0.1, 0.15) is 6.10 Å². The second kappa shape index (κ2) is 9.99. The van der Waals surface area contributed by atoms with E-state index in [-0.39, 0.29) is 22.9 Å². The van der Waals surface area contributed by atoms with Gasteiger partial charge in [0, 0.05) is 0 Å². The van der Waals surface area contributed by atoms with Crippen molar-refractivity contribution in [2.24, 2.45) is 22.2 Å². The Hall–Kier alpha value is -1.14. The molecule has 0 radical (unpaired) electrons. The lowest BCUT2D eigenvalue weighted by atomic mass is 9.51. The standard InChI is InChI=1S/C24H44O6/c1-11-15-17(21(5,6)7)23(13-3,22(8,9)10)19(25)28-29-20(26)24(14-4)18(16-12-2)27-30-24/h17-18H,11-16H2,1-10H3. The molecule has 0 N–H and O–H groups in total. The highest BCUT2D eigenvalue weighted by Gasteiger charge is 2.60. The number of hydrogen-bond donors (Lipinski definition) is 0.